The third-order valence-electron chi connectivity index (χ3n) is 5.18. The van der Waals surface area contributed by atoms with Gasteiger partial charge in [0.05, 0.1) is 23.6 Å². The average Bonchev–Trinajstić information content (AvgIpc) is 3.30. The van der Waals surface area contributed by atoms with Crippen molar-refractivity contribution in [2.24, 2.45) is 0 Å². The molecule has 7 nitrogen and oxygen atoms in total. The third kappa shape index (κ3) is 3.14. The van der Waals surface area contributed by atoms with E-state index in [1.54, 1.807) is 31.2 Å². The van der Waals surface area contributed by atoms with Gasteiger partial charge in [-0.25, -0.2) is 0 Å². The number of aryl methyl sites for hydroxylation is 1. The van der Waals surface area contributed by atoms with Gasteiger partial charge in [-0.3, -0.25) is 14.5 Å². The van der Waals surface area contributed by atoms with E-state index in [1.807, 2.05) is 31.2 Å². The van der Waals surface area contributed by atoms with Gasteiger partial charge in [-0.15, -0.1) is 0 Å². The molecule has 3 heterocycles. The summed E-state index contributed by atoms with van der Waals surface area (Å²) >= 11 is 3.40. The highest BCUT2D eigenvalue weighted by Crippen LogP contribution is 2.41. The summed E-state index contributed by atoms with van der Waals surface area (Å²) in [6, 6.07) is 13.4. The van der Waals surface area contributed by atoms with Gasteiger partial charge in [-0.1, -0.05) is 33.2 Å². The molecule has 156 valence electrons. The van der Waals surface area contributed by atoms with Crippen LogP contribution in [0.3, 0.4) is 0 Å². The summed E-state index contributed by atoms with van der Waals surface area (Å²) < 4.78 is 17.5. The first-order valence-electron chi connectivity index (χ1n) is 9.74. The highest BCUT2D eigenvalue weighted by Gasteiger charge is 2.45. The van der Waals surface area contributed by atoms with E-state index in [9.17, 15) is 9.59 Å². The zero-order valence-corrected chi connectivity index (χ0v) is 18.3. The molecule has 0 bridgehead atoms. The molecule has 0 fully saturated rings. The maximum Gasteiger partial charge on any atom is 0.296 e. The van der Waals surface area contributed by atoms with Gasteiger partial charge in [0, 0.05) is 10.5 Å². The molecule has 0 aliphatic carbocycles. The van der Waals surface area contributed by atoms with Gasteiger partial charge in [0.2, 0.25) is 5.76 Å². The lowest BCUT2D eigenvalue weighted by Gasteiger charge is -2.22. The molecule has 1 atom stereocenters. The molecular weight excluding hydrogens is 464 g/mol. The quantitative estimate of drug-likeness (QED) is 0.408. The molecule has 1 aliphatic heterocycles. The fraction of sp³-hybridized carbons (Fsp3) is 0.174. The second kappa shape index (κ2) is 7.39. The topological polar surface area (TPSA) is 85.8 Å². The van der Waals surface area contributed by atoms with Crippen LogP contribution in [0, 0.1) is 6.92 Å². The minimum Gasteiger partial charge on any atom is -0.494 e. The molecule has 2 aromatic heterocycles. The smallest absolute Gasteiger partial charge is 0.296 e. The van der Waals surface area contributed by atoms with Crippen LogP contribution in [0.5, 0.6) is 5.75 Å². The van der Waals surface area contributed by atoms with Crippen LogP contribution >= 0.6 is 15.9 Å². The number of nitrogens with zero attached hydrogens (tertiary/aromatic N) is 2. The average molecular weight is 481 g/mol. The van der Waals surface area contributed by atoms with E-state index in [2.05, 4.69) is 21.1 Å². The maximum absolute atomic E-state index is 13.6. The Morgan fingerprint density at radius 2 is 2.00 bits per heavy atom. The summed E-state index contributed by atoms with van der Waals surface area (Å²) in [5.41, 5.74) is 1.06. The lowest BCUT2D eigenvalue weighted by Crippen LogP contribution is -2.29. The van der Waals surface area contributed by atoms with Crippen LogP contribution in [0.25, 0.3) is 11.0 Å². The van der Waals surface area contributed by atoms with Crippen LogP contribution in [0.4, 0.5) is 5.82 Å². The number of ether oxygens (including phenoxy) is 1. The van der Waals surface area contributed by atoms with Crippen LogP contribution < -0.4 is 15.1 Å². The first-order chi connectivity index (χ1) is 15.0. The van der Waals surface area contributed by atoms with E-state index in [0.717, 1.165) is 4.47 Å². The molecule has 2 aromatic carbocycles. The Kier molecular flexibility index (Phi) is 4.66. The van der Waals surface area contributed by atoms with Crippen molar-refractivity contribution < 1.29 is 18.5 Å². The van der Waals surface area contributed by atoms with Crippen LogP contribution in [0.15, 0.2) is 66.7 Å². The SMILES string of the molecule is CCOc1cccc([C@@H]2c3c(oc4ccc(Br)cc4c3=O)C(=O)N2c2cc(C)on2)c1. The molecule has 31 heavy (non-hydrogen) atoms. The zero-order chi connectivity index (χ0) is 21.7. The van der Waals surface area contributed by atoms with Gasteiger partial charge >= 0.3 is 0 Å². The summed E-state index contributed by atoms with van der Waals surface area (Å²) in [7, 11) is 0. The summed E-state index contributed by atoms with van der Waals surface area (Å²) in [5, 5.41) is 4.42. The Hall–Kier alpha value is -3.39. The van der Waals surface area contributed by atoms with Crippen LogP contribution in [0.2, 0.25) is 0 Å². The van der Waals surface area contributed by atoms with Gasteiger partial charge < -0.3 is 13.7 Å². The first-order valence-corrected chi connectivity index (χ1v) is 10.5. The maximum atomic E-state index is 13.6. The molecule has 8 heteroatoms. The Balaban J connectivity index is 1.80. The van der Waals surface area contributed by atoms with Crippen LogP contribution in [-0.4, -0.2) is 17.7 Å². The highest BCUT2D eigenvalue weighted by atomic mass is 79.9. The van der Waals surface area contributed by atoms with Crippen molar-refractivity contribution in [2.75, 3.05) is 11.5 Å². The largest absolute Gasteiger partial charge is 0.494 e. The molecule has 0 saturated carbocycles. The summed E-state index contributed by atoms with van der Waals surface area (Å²) in [5.74, 6) is 1.06. The van der Waals surface area contributed by atoms with Gasteiger partial charge in [-0.05, 0) is 49.7 Å². The van der Waals surface area contributed by atoms with E-state index in [1.165, 1.54) is 4.90 Å². The van der Waals surface area contributed by atoms with Crippen molar-refractivity contribution >= 4 is 38.6 Å². The molecule has 0 saturated heterocycles. The molecule has 4 aromatic rings. The monoisotopic (exact) mass is 480 g/mol. The van der Waals surface area contributed by atoms with E-state index in [-0.39, 0.29) is 16.8 Å². The lowest BCUT2D eigenvalue weighted by atomic mass is 9.98. The molecule has 1 aliphatic rings. The van der Waals surface area contributed by atoms with E-state index < -0.39 is 11.9 Å². The first kappa shape index (κ1) is 19.6. The fourth-order valence-electron chi connectivity index (χ4n) is 3.90. The predicted molar refractivity (Wildman–Crippen MR) is 118 cm³/mol. The van der Waals surface area contributed by atoms with Gasteiger partial charge in [0.15, 0.2) is 11.2 Å². The molecule has 0 unspecified atom stereocenters. The minimum absolute atomic E-state index is 0.00675. The fourth-order valence-corrected chi connectivity index (χ4v) is 4.27. The van der Waals surface area contributed by atoms with E-state index in [0.29, 0.717) is 40.5 Å². The number of hydrogen-bond acceptors (Lipinski definition) is 6. The molecule has 1 amide bonds. The normalized spacial score (nSPS) is 15.5. The Labute approximate surface area is 185 Å². The van der Waals surface area contributed by atoms with Crippen molar-refractivity contribution in [3.05, 3.63) is 85.9 Å². The minimum atomic E-state index is -0.730. The predicted octanol–water partition coefficient (Wildman–Crippen LogP) is 5.00. The van der Waals surface area contributed by atoms with E-state index >= 15 is 0 Å². The number of benzene rings is 2. The third-order valence-corrected chi connectivity index (χ3v) is 5.67. The summed E-state index contributed by atoms with van der Waals surface area (Å²) in [4.78, 5) is 28.4. The Morgan fingerprint density at radius 1 is 1.16 bits per heavy atom. The molecule has 0 radical (unpaired) electrons. The number of rotatable bonds is 4. The number of halogens is 1. The molecule has 5 rings (SSSR count). The lowest BCUT2D eigenvalue weighted by molar-refractivity contribution is 0.0969. The second-order valence-corrected chi connectivity index (χ2v) is 8.11. The summed E-state index contributed by atoms with van der Waals surface area (Å²) in [6.07, 6.45) is 0. The Morgan fingerprint density at radius 3 is 2.74 bits per heavy atom. The van der Waals surface area contributed by atoms with Crippen molar-refractivity contribution in [3.63, 3.8) is 0 Å². The van der Waals surface area contributed by atoms with Crippen molar-refractivity contribution in [1.29, 1.82) is 0 Å². The van der Waals surface area contributed by atoms with Gasteiger partial charge in [-0.2, -0.15) is 0 Å². The number of carbonyl (C=O) groups is 1. The van der Waals surface area contributed by atoms with Crippen molar-refractivity contribution in [3.8, 4) is 5.75 Å². The number of aromatic nitrogens is 1. The van der Waals surface area contributed by atoms with Gasteiger partial charge in [0.25, 0.3) is 5.91 Å². The number of amides is 1. The van der Waals surface area contributed by atoms with Crippen molar-refractivity contribution in [1.82, 2.24) is 5.16 Å². The molecule has 0 N–H and O–H groups in total. The highest BCUT2D eigenvalue weighted by molar-refractivity contribution is 9.10. The van der Waals surface area contributed by atoms with Crippen LogP contribution in [0.1, 0.15) is 40.4 Å². The molecular formula is C23H17BrN2O5. The standard InChI is InChI=1S/C23H17BrN2O5/c1-3-29-15-6-4-5-13(10-15)20-19-21(27)16-11-14(24)7-8-17(16)30-22(19)23(28)26(20)18-9-12(2)31-25-18/h4-11,20H,3H2,1-2H3/t20-/m1/s1. The number of anilines is 1. The summed E-state index contributed by atoms with van der Waals surface area (Å²) in [6.45, 7) is 4.13. The number of fused-ring (bicyclic) bond motifs is 2. The number of hydrogen-bond donors (Lipinski definition) is 0. The van der Waals surface area contributed by atoms with Crippen molar-refractivity contribution in [2.45, 2.75) is 19.9 Å². The molecule has 0 spiro atoms. The zero-order valence-electron chi connectivity index (χ0n) is 16.7. The van der Waals surface area contributed by atoms with Crippen LogP contribution in [-0.2, 0) is 0 Å². The number of carbonyl (C=O) groups excluding carboxylic acids is 1. The van der Waals surface area contributed by atoms with Gasteiger partial charge in [0.1, 0.15) is 17.1 Å². The Bertz CT molecular complexity index is 1390. The second-order valence-electron chi connectivity index (χ2n) is 7.19. The van der Waals surface area contributed by atoms with E-state index in [4.69, 9.17) is 13.7 Å².